The molecular formula is C20H25IN3O+. The lowest BCUT2D eigenvalue weighted by Gasteiger charge is -2.34. The van der Waals surface area contributed by atoms with Crippen molar-refractivity contribution in [3.8, 4) is 0 Å². The minimum atomic E-state index is 0.0939. The van der Waals surface area contributed by atoms with Crippen molar-refractivity contribution in [2.45, 2.75) is 13.8 Å². The number of anilines is 2. The molecule has 132 valence electrons. The summed E-state index contributed by atoms with van der Waals surface area (Å²) in [5, 5.41) is 3.00. The van der Waals surface area contributed by atoms with Crippen molar-refractivity contribution in [1.29, 1.82) is 0 Å². The first-order valence-electron chi connectivity index (χ1n) is 8.73. The van der Waals surface area contributed by atoms with Gasteiger partial charge in [0.1, 0.15) is 0 Å². The second-order valence-corrected chi connectivity index (χ2v) is 7.93. The molecular weight excluding hydrogens is 425 g/mol. The molecule has 0 radical (unpaired) electrons. The highest BCUT2D eigenvalue weighted by Crippen LogP contribution is 2.22. The van der Waals surface area contributed by atoms with Gasteiger partial charge in [-0.25, -0.2) is 0 Å². The molecule has 1 aliphatic rings. The molecule has 3 rings (SSSR count). The molecule has 4 nitrogen and oxygen atoms in total. The molecule has 1 saturated heterocycles. The highest BCUT2D eigenvalue weighted by Gasteiger charge is 2.23. The van der Waals surface area contributed by atoms with E-state index in [1.54, 1.807) is 0 Å². The third kappa shape index (κ3) is 4.73. The van der Waals surface area contributed by atoms with E-state index in [0.717, 1.165) is 31.9 Å². The van der Waals surface area contributed by atoms with E-state index in [1.807, 2.05) is 24.3 Å². The summed E-state index contributed by atoms with van der Waals surface area (Å²) < 4.78 is 1.17. The zero-order valence-electron chi connectivity index (χ0n) is 14.8. The van der Waals surface area contributed by atoms with Crippen LogP contribution in [0.25, 0.3) is 0 Å². The Balaban J connectivity index is 1.51. The predicted molar refractivity (Wildman–Crippen MR) is 111 cm³/mol. The van der Waals surface area contributed by atoms with Gasteiger partial charge in [0.15, 0.2) is 6.54 Å². The molecule has 25 heavy (non-hydrogen) atoms. The molecule has 1 fully saturated rings. The average molecular weight is 450 g/mol. The second-order valence-electron chi connectivity index (χ2n) is 6.69. The summed E-state index contributed by atoms with van der Waals surface area (Å²) >= 11 is 2.26. The Morgan fingerprint density at radius 3 is 2.48 bits per heavy atom. The van der Waals surface area contributed by atoms with Crippen LogP contribution >= 0.6 is 22.6 Å². The molecule has 0 aliphatic carbocycles. The van der Waals surface area contributed by atoms with E-state index in [1.165, 1.54) is 25.3 Å². The van der Waals surface area contributed by atoms with Gasteiger partial charge in [-0.05, 0) is 77.9 Å². The lowest BCUT2D eigenvalue weighted by atomic mass is 10.1. The number of piperazine rings is 1. The van der Waals surface area contributed by atoms with Gasteiger partial charge in [-0.3, -0.25) is 4.79 Å². The number of nitrogens with zero attached hydrogens (tertiary/aromatic N) is 1. The van der Waals surface area contributed by atoms with Crippen molar-refractivity contribution < 1.29 is 9.69 Å². The number of benzene rings is 2. The fraction of sp³-hybridized carbons (Fsp3) is 0.350. The largest absolute Gasteiger partial charge is 0.360 e. The maximum absolute atomic E-state index is 12.3. The Hall–Kier alpha value is -1.60. The highest BCUT2D eigenvalue weighted by atomic mass is 127. The minimum absolute atomic E-state index is 0.0939. The van der Waals surface area contributed by atoms with Crippen LogP contribution in [-0.4, -0.2) is 38.6 Å². The van der Waals surface area contributed by atoms with E-state index >= 15 is 0 Å². The Labute approximate surface area is 163 Å². The molecule has 0 bridgehead atoms. The molecule has 0 unspecified atom stereocenters. The van der Waals surface area contributed by atoms with E-state index < -0.39 is 0 Å². The summed E-state index contributed by atoms with van der Waals surface area (Å²) in [6.07, 6.45) is 0. The number of halogens is 1. The number of hydrogen-bond donors (Lipinski definition) is 2. The van der Waals surface area contributed by atoms with Crippen molar-refractivity contribution in [1.82, 2.24) is 0 Å². The fourth-order valence-electron chi connectivity index (χ4n) is 3.28. The van der Waals surface area contributed by atoms with Gasteiger partial charge in [0.2, 0.25) is 0 Å². The molecule has 2 aromatic carbocycles. The van der Waals surface area contributed by atoms with E-state index in [9.17, 15) is 4.79 Å². The van der Waals surface area contributed by atoms with Crippen LogP contribution in [0.1, 0.15) is 11.1 Å². The van der Waals surface area contributed by atoms with E-state index in [4.69, 9.17) is 0 Å². The predicted octanol–water partition coefficient (Wildman–Crippen LogP) is 2.25. The van der Waals surface area contributed by atoms with Gasteiger partial charge in [-0.2, -0.15) is 0 Å². The molecule has 0 spiro atoms. The van der Waals surface area contributed by atoms with Gasteiger partial charge >= 0.3 is 0 Å². The number of carbonyl (C=O) groups excluding carboxylic acids is 1. The van der Waals surface area contributed by atoms with Crippen LogP contribution in [0, 0.1) is 17.4 Å². The molecule has 2 aromatic rings. The van der Waals surface area contributed by atoms with Crippen LogP contribution in [-0.2, 0) is 4.79 Å². The monoisotopic (exact) mass is 450 g/mol. The van der Waals surface area contributed by atoms with Gasteiger partial charge in [-0.15, -0.1) is 0 Å². The van der Waals surface area contributed by atoms with Crippen LogP contribution in [0.15, 0.2) is 42.5 Å². The standard InChI is InChI=1S/C20H24IN3O/c1-15-4-3-5-19(16(15)2)24-12-10-23(11-13-24)14-20(25)22-18-8-6-17(21)7-9-18/h3-9H,10-14H2,1-2H3,(H,22,25)/p+1. The summed E-state index contributed by atoms with van der Waals surface area (Å²) in [5.74, 6) is 0.0939. The first kappa shape index (κ1) is 18.2. The average Bonchev–Trinajstić information content (AvgIpc) is 2.60. The minimum Gasteiger partial charge on any atom is -0.360 e. The van der Waals surface area contributed by atoms with E-state index in [2.05, 4.69) is 64.9 Å². The van der Waals surface area contributed by atoms with Gasteiger partial charge in [0.25, 0.3) is 5.91 Å². The lowest BCUT2D eigenvalue weighted by Crippen LogP contribution is -3.15. The maximum Gasteiger partial charge on any atom is 0.279 e. The zero-order chi connectivity index (χ0) is 17.8. The number of hydrogen-bond acceptors (Lipinski definition) is 2. The van der Waals surface area contributed by atoms with Crippen LogP contribution in [0.3, 0.4) is 0 Å². The number of quaternary nitrogens is 1. The Kier molecular flexibility index (Phi) is 5.96. The third-order valence-corrected chi connectivity index (χ3v) is 5.64. The molecule has 1 aliphatic heterocycles. The van der Waals surface area contributed by atoms with Gasteiger partial charge < -0.3 is 15.1 Å². The molecule has 5 heteroatoms. The third-order valence-electron chi connectivity index (χ3n) is 4.93. The molecule has 0 atom stereocenters. The molecule has 1 amide bonds. The summed E-state index contributed by atoms with van der Waals surface area (Å²) in [4.78, 5) is 16.1. The number of rotatable bonds is 4. The molecule has 0 saturated carbocycles. The van der Waals surface area contributed by atoms with Crippen LogP contribution in [0.4, 0.5) is 11.4 Å². The summed E-state index contributed by atoms with van der Waals surface area (Å²) in [6, 6.07) is 14.4. The number of amides is 1. The molecule has 0 aromatic heterocycles. The van der Waals surface area contributed by atoms with E-state index in [-0.39, 0.29) is 5.91 Å². The second kappa shape index (κ2) is 8.19. The number of nitrogens with one attached hydrogen (secondary N) is 2. The Morgan fingerprint density at radius 1 is 1.12 bits per heavy atom. The SMILES string of the molecule is Cc1cccc(N2CC[NH+](CC(=O)Nc3ccc(I)cc3)CC2)c1C. The molecule has 1 heterocycles. The van der Waals surface area contributed by atoms with Crippen LogP contribution in [0.5, 0.6) is 0 Å². The van der Waals surface area contributed by atoms with E-state index in [0.29, 0.717) is 6.54 Å². The summed E-state index contributed by atoms with van der Waals surface area (Å²) in [5.41, 5.74) is 4.91. The summed E-state index contributed by atoms with van der Waals surface area (Å²) in [6.45, 7) is 8.87. The quantitative estimate of drug-likeness (QED) is 0.702. The van der Waals surface area contributed by atoms with Crippen molar-refractivity contribution in [3.05, 3.63) is 57.2 Å². The van der Waals surface area contributed by atoms with Crippen LogP contribution < -0.4 is 15.1 Å². The maximum atomic E-state index is 12.3. The highest BCUT2D eigenvalue weighted by molar-refractivity contribution is 14.1. The Bertz CT molecular complexity index is 737. The molecule has 2 N–H and O–H groups in total. The number of aryl methyl sites for hydroxylation is 1. The normalized spacial score (nSPS) is 15.2. The van der Waals surface area contributed by atoms with Gasteiger partial charge in [-0.1, -0.05) is 12.1 Å². The number of carbonyl (C=O) groups is 1. The van der Waals surface area contributed by atoms with Gasteiger partial charge in [0, 0.05) is 14.9 Å². The van der Waals surface area contributed by atoms with Crippen molar-refractivity contribution in [3.63, 3.8) is 0 Å². The first-order valence-corrected chi connectivity index (χ1v) is 9.81. The Morgan fingerprint density at radius 2 is 1.80 bits per heavy atom. The fourth-order valence-corrected chi connectivity index (χ4v) is 3.64. The van der Waals surface area contributed by atoms with Crippen molar-refractivity contribution in [2.75, 3.05) is 42.9 Å². The smallest absolute Gasteiger partial charge is 0.279 e. The van der Waals surface area contributed by atoms with Gasteiger partial charge in [0.05, 0.1) is 26.2 Å². The van der Waals surface area contributed by atoms with Crippen molar-refractivity contribution >= 4 is 39.9 Å². The lowest BCUT2D eigenvalue weighted by molar-refractivity contribution is -0.892. The first-order chi connectivity index (χ1) is 12.0. The topological polar surface area (TPSA) is 36.8 Å². The zero-order valence-corrected chi connectivity index (χ0v) is 17.0. The summed E-state index contributed by atoms with van der Waals surface area (Å²) in [7, 11) is 0. The van der Waals surface area contributed by atoms with Crippen LogP contribution in [0.2, 0.25) is 0 Å². The van der Waals surface area contributed by atoms with Crippen molar-refractivity contribution in [2.24, 2.45) is 0 Å².